The fourth-order valence-corrected chi connectivity index (χ4v) is 5.14. The van der Waals surface area contributed by atoms with E-state index in [1.807, 2.05) is 34.6 Å². The zero-order valence-electron chi connectivity index (χ0n) is 20.1. The van der Waals surface area contributed by atoms with Crippen molar-refractivity contribution in [3.63, 3.8) is 0 Å². The van der Waals surface area contributed by atoms with Crippen LogP contribution in [0.5, 0.6) is 0 Å². The first-order valence-corrected chi connectivity index (χ1v) is 12.3. The SMILES string of the molecule is Cc1noc(C)c1-c1cc2[nH]c3ccc(C4=CCN(C(=O)OC(C)(C)C)CC4)cc3c2cc1Br. The van der Waals surface area contributed by atoms with Gasteiger partial charge in [-0.2, -0.15) is 0 Å². The third kappa shape index (κ3) is 4.13. The summed E-state index contributed by atoms with van der Waals surface area (Å²) in [6.07, 6.45) is 2.68. The molecule has 1 amide bonds. The molecule has 0 bridgehead atoms. The van der Waals surface area contributed by atoms with E-state index in [1.165, 1.54) is 16.5 Å². The summed E-state index contributed by atoms with van der Waals surface area (Å²) in [5, 5.41) is 6.44. The van der Waals surface area contributed by atoms with Crippen molar-refractivity contribution in [2.24, 2.45) is 0 Å². The number of hydrogen-bond donors (Lipinski definition) is 1. The van der Waals surface area contributed by atoms with Gasteiger partial charge in [-0.05, 0) is 76.4 Å². The topological polar surface area (TPSA) is 71.4 Å². The van der Waals surface area contributed by atoms with Gasteiger partial charge in [-0.1, -0.05) is 33.2 Å². The van der Waals surface area contributed by atoms with Gasteiger partial charge in [0.2, 0.25) is 0 Å². The largest absolute Gasteiger partial charge is 0.444 e. The van der Waals surface area contributed by atoms with Gasteiger partial charge in [-0.15, -0.1) is 0 Å². The highest BCUT2D eigenvalue weighted by Gasteiger charge is 2.24. The Morgan fingerprint density at radius 3 is 2.56 bits per heavy atom. The van der Waals surface area contributed by atoms with Crippen LogP contribution in [0.15, 0.2) is 45.4 Å². The number of nitrogens with one attached hydrogen (secondary N) is 1. The molecule has 4 aromatic rings. The normalized spacial score (nSPS) is 14.6. The highest BCUT2D eigenvalue weighted by Crippen LogP contribution is 2.39. The Morgan fingerprint density at radius 1 is 1.15 bits per heavy atom. The van der Waals surface area contributed by atoms with Crippen LogP contribution in [0.4, 0.5) is 4.79 Å². The first kappa shape index (κ1) is 22.7. The first-order valence-electron chi connectivity index (χ1n) is 11.5. The number of amides is 1. The third-order valence-corrected chi connectivity index (χ3v) is 6.88. The number of halogens is 1. The Morgan fingerprint density at radius 2 is 1.91 bits per heavy atom. The van der Waals surface area contributed by atoms with Crippen molar-refractivity contribution in [3.8, 4) is 11.1 Å². The van der Waals surface area contributed by atoms with Gasteiger partial charge in [-0.3, -0.25) is 0 Å². The summed E-state index contributed by atoms with van der Waals surface area (Å²) in [7, 11) is 0. The molecule has 0 spiro atoms. The van der Waals surface area contributed by atoms with E-state index in [0.717, 1.165) is 49.9 Å². The summed E-state index contributed by atoms with van der Waals surface area (Å²) in [6.45, 7) is 10.8. The molecule has 0 atom stereocenters. The van der Waals surface area contributed by atoms with E-state index in [1.54, 1.807) is 4.90 Å². The maximum Gasteiger partial charge on any atom is 0.410 e. The number of aromatic nitrogens is 2. The second kappa shape index (κ2) is 8.31. The third-order valence-electron chi connectivity index (χ3n) is 6.22. The molecule has 3 heterocycles. The molecule has 0 fully saturated rings. The van der Waals surface area contributed by atoms with Crippen molar-refractivity contribution in [2.75, 3.05) is 13.1 Å². The first-order chi connectivity index (χ1) is 16.1. The lowest BCUT2D eigenvalue weighted by atomic mass is 9.97. The second-order valence-corrected chi connectivity index (χ2v) is 10.7. The molecular formula is C27H28BrN3O3. The number of nitrogens with zero attached hydrogens (tertiary/aromatic N) is 2. The molecule has 2 aromatic carbocycles. The molecule has 0 aliphatic carbocycles. The van der Waals surface area contributed by atoms with Gasteiger partial charge in [-0.25, -0.2) is 4.79 Å². The molecule has 5 rings (SSSR count). The molecule has 1 aliphatic heterocycles. The summed E-state index contributed by atoms with van der Waals surface area (Å²) in [6, 6.07) is 10.8. The predicted octanol–water partition coefficient (Wildman–Crippen LogP) is 7.38. The van der Waals surface area contributed by atoms with Crippen molar-refractivity contribution < 1.29 is 14.1 Å². The summed E-state index contributed by atoms with van der Waals surface area (Å²) in [5.41, 5.74) is 7.07. The van der Waals surface area contributed by atoms with Crippen LogP contribution in [0.1, 0.15) is 44.2 Å². The van der Waals surface area contributed by atoms with Gasteiger partial charge in [0.15, 0.2) is 0 Å². The Labute approximate surface area is 207 Å². The zero-order valence-corrected chi connectivity index (χ0v) is 21.7. The fraction of sp³-hybridized carbons (Fsp3) is 0.333. The lowest BCUT2D eigenvalue weighted by Crippen LogP contribution is -2.39. The van der Waals surface area contributed by atoms with Gasteiger partial charge < -0.3 is 19.1 Å². The molecule has 7 heteroatoms. The number of rotatable bonds is 2. The van der Waals surface area contributed by atoms with E-state index >= 15 is 0 Å². The number of fused-ring (bicyclic) bond motifs is 3. The highest BCUT2D eigenvalue weighted by molar-refractivity contribution is 9.10. The van der Waals surface area contributed by atoms with Crippen LogP contribution in [0.2, 0.25) is 0 Å². The number of aryl methyl sites for hydroxylation is 2. The number of H-pyrrole nitrogens is 1. The Balaban J connectivity index is 1.48. The summed E-state index contributed by atoms with van der Waals surface area (Å²) in [5.74, 6) is 0.806. The molecule has 0 unspecified atom stereocenters. The van der Waals surface area contributed by atoms with E-state index < -0.39 is 5.60 Å². The predicted molar refractivity (Wildman–Crippen MR) is 139 cm³/mol. The van der Waals surface area contributed by atoms with E-state index in [-0.39, 0.29) is 6.09 Å². The van der Waals surface area contributed by atoms with Crippen molar-refractivity contribution in [3.05, 3.63) is 57.9 Å². The van der Waals surface area contributed by atoms with Crippen molar-refractivity contribution >= 4 is 49.4 Å². The molecule has 176 valence electrons. The summed E-state index contributed by atoms with van der Waals surface area (Å²) >= 11 is 3.77. The molecule has 2 aromatic heterocycles. The van der Waals surface area contributed by atoms with Gasteiger partial charge in [0.25, 0.3) is 0 Å². The van der Waals surface area contributed by atoms with Crippen molar-refractivity contribution in [1.82, 2.24) is 15.0 Å². The molecule has 0 saturated heterocycles. The van der Waals surface area contributed by atoms with Crippen LogP contribution in [0, 0.1) is 13.8 Å². The van der Waals surface area contributed by atoms with Gasteiger partial charge in [0.1, 0.15) is 11.4 Å². The summed E-state index contributed by atoms with van der Waals surface area (Å²) < 4.78 is 11.9. The highest BCUT2D eigenvalue weighted by atomic mass is 79.9. The number of carbonyl (C=O) groups excluding carboxylic acids is 1. The standard InChI is InChI=1S/C27H28BrN3O3/c1-15-25(16(2)34-30-15)21-14-24-20(13-22(21)28)19-12-18(6-7-23(19)29-24)17-8-10-31(11-9-17)26(32)33-27(3,4)5/h6-8,12-14,29H,9-11H2,1-5H3. The monoisotopic (exact) mass is 521 g/mol. The number of benzene rings is 2. The molecule has 1 aliphatic rings. The molecule has 6 nitrogen and oxygen atoms in total. The van der Waals surface area contributed by atoms with Crippen LogP contribution in [-0.4, -0.2) is 39.8 Å². The number of aromatic amines is 1. The van der Waals surface area contributed by atoms with E-state index in [2.05, 4.69) is 62.5 Å². The van der Waals surface area contributed by atoms with Crippen LogP contribution in [0.3, 0.4) is 0 Å². The number of ether oxygens (including phenoxy) is 1. The lowest BCUT2D eigenvalue weighted by Gasteiger charge is -2.29. The molecule has 0 radical (unpaired) electrons. The lowest BCUT2D eigenvalue weighted by molar-refractivity contribution is 0.0270. The van der Waals surface area contributed by atoms with Crippen LogP contribution >= 0.6 is 15.9 Å². The number of hydrogen-bond acceptors (Lipinski definition) is 4. The maximum atomic E-state index is 12.4. The second-order valence-electron chi connectivity index (χ2n) is 9.87. The van der Waals surface area contributed by atoms with Gasteiger partial charge >= 0.3 is 6.09 Å². The average molecular weight is 522 g/mol. The fourth-order valence-electron chi connectivity index (χ4n) is 4.60. The zero-order chi connectivity index (χ0) is 24.2. The molecule has 0 saturated carbocycles. The van der Waals surface area contributed by atoms with Crippen LogP contribution in [-0.2, 0) is 4.74 Å². The van der Waals surface area contributed by atoms with E-state index in [9.17, 15) is 4.79 Å². The smallest absolute Gasteiger partial charge is 0.410 e. The van der Waals surface area contributed by atoms with Crippen molar-refractivity contribution in [2.45, 2.75) is 46.6 Å². The van der Waals surface area contributed by atoms with Crippen LogP contribution < -0.4 is 0 Å². The Bertz CT molecular complexity index is 1440. The van der Waals surface area contributed by atoms with Gasteiger partial charge in [0.05, 0.1) is 5.69 Å². The minimum absolute atomic E-state index is 0.256. The molecule has 1 N–H and O–H groups in total. The quantitative estimate of drug-likeness (QED) is 0.298. The van der Waals surface area contributed by atoms with Crippen LogP contribution in [0.25, 0.3) is 38.5 Å². The van der Waals surface area contributed by atoms with E-state index in [4.69, 9.17) is 9.26 Å². The Kier molecular flexibility index (Phi) is 5.55. The minimum atomic E-state index is -0.485. The van der Waals surface area contributed by atoms with Gasteiger partial charge in [0, 0.05) is 50.5 Å². The summed E-state index contributed by atoms with van der Waals surface area (Å²) in [4.78, 5) is 17.7. The molecule has 34 heavy (non-hydrogen) atoms. The Hall–Kier alpha value is -3.06. The minimum Gasteiger partial charge on any atom is -0.444 e. The number of carbonyl (C=O) groups is 1. The van der Waals surface area contributed by atoms with E-state index in [0.29, 0.717) is 13.1 Å². The average Bonchev–Trinajstić information content (AvgIpc) is 3.30. The maximum absolute atomic E-state index is 12.4. The molecular weight excluding hydrogens is 494 g/mol. The van der Waals surface area contributed by atoms with Crippen molar-refractivity contribution in [1.29, 1.82) is 0 Å².